The maximum absolute atomic E-state index is 4.54. The summed E-state index contributed by atoms with van der Waals surface area (Å²) in [4.78, 5) is 3.74. The fraction of sp³-hybridized carbons (Fsp3) is 0. The van der Waals surface area contributed by atoms with Crippen LogP contribution in [-0.2, 0) is 0 Å². The van der Waals surface area contributed by atoms with Crippen LogP contribution < -0.4 is 10.3 Å². The Bertz CT molecular complexity index is 79.4. The number of nitrogens with zero attached hydrogens (tertiary/aromatic N) is 1. The molecule has 0 unspecified atom stereocenters. The van der Waals surface area contributed by atoms with Crippen LogP contribution in [0.3, 0.4) is 0 Å². The first kappa shape index (κ1) is 7.90. The van der Waals surface area contributed by atoms with E-state index in [2.05, 4.69) is 15.3 Å². The van der Waals surface area contributed by atoms with E-state index in [0.29, 0.717) is 0 Å². The van der Waals surface area contributed by atoms with E-state index in [1.54, 1.807) is 23.0 Å². The smallest absolute Gasteiger partial charge is 0.0791 e. The highest BCUT2D eigenvalue weighted by molar-refractivity contribution is 7.94. The van der Waals surface area contributed by atoms with E-state index in [0.717, 1.165) is 12.1 Å². The Morgan fingerprint density at radius 2 is 2.12 bits per heavy atom. The molecule has 0 saturated heterocycles. The van der Waals surface area contributed by atoms with Gasteiger partial charge in [0.05, 0.1) is 5.51 Å². The highest BCUT2D eigenvalue weighted by Crippen LogP contribution is 1.85. The molecule has 0 aliphatic rings. The van der Waals surface area contributed by atoms with Crippen LogP contribution in [0.15, 0.2) is 17.1 Å². The molecule has 0 aliphatic heterocycles. The molecule has 0 amide bonds. The van der Waals surface area contributed by atoms with Crippen molar-refractivity contribution >= 4 is 23.5 Å². The van der Waals surface area contributed by atoms with Crippen molar-refractivity contribution in [2.45, 2.75) is 0 Å². The van der Waals surface area contributed by atoms with Gasteiger partial charge in [0, 0.05) is 11.6 Å². The molecule has 1 aromatic heterocycles. The van der Waals surface area contributed by atoms with Gasteiger partial charge in [-0.2, -0.15) is 0 Å². The lowest BCUT2D eigenvalue weighted by molar-refractivity contribution is 1.43. The van der Waals surface area contributed by atoms with Gasteiger partial charge >= 0.3 is 0 Å². The van der Waals surface area contributed by atoms with Crippen molar-refractivity contribution in [1.82, 2.24) is 4.98 Å². The molecule has 0 saturated carbocycles. The Balaban J connectivity index is 0.000000145. The molecule has 8 heavy (non-hydrogen) atoms. The van der Waals surface area contributed by atoms with Crippen LogP contribution in [0.25, 0.3) is 0 Å². The molecule has 0 spiro atoms. The predicted molar refractivity (Wildman–Crippen MR) is 38.1 cm³/mol. The molecule has 0 bridgehead atoms. The molecular weight excluding hydrogens is 142 g/mol. The van der Waals surface area contributed by atoms with E-state index in [1.807, 2.05) is 5.38 Å². The molecule has 0 radical (unpaired) electrons. The summed E-state index contributed by atoms with van der Waals surface area (Å²) in [6.45, 7) is 0. The van der Waals surface area contributed by atoms with E-state index < -0.39 is 0 Å². The zero-order valence-electron chi connectivity index (χ0n) is 4.15. The van der Waals surface area contributed by atoms with Crippen LogP contribution in [-0.4, -0.2) is 4.98 Å². The average molecular weight is 149 g/mol. The topological polar surface area (TPSA) is 64.9 Å². The van der Waals surface area contributed by atoms with Crippen molar-refractivity contribution in [3.05, 3.63) is 17.1 Å². The van der Waals surface area contributed by atoms with Crippen LogP contribution in [0, 0.1) is 0 Å². The summed E-state index contributed by atoms with van der Waals surface area (Å²) >= 11 is 2.35. The highest BCUT2D eigenvalue weighted by Gasteiger charge is 1.59. The molecular formula is C3H7N3S2. The maximum atomic E-state index is 4.54. The van der Waals surface area contributed by atoms with Gasteiger partial charge in [-0.1, -0.05) is 0 Å². The van der Waals surface area contributed by atoms with E-state index >= 15 is 0 Å². The van der Waals surface area contributed by atoms with E-state index in [9.17, 15) is 0 Å². The standard InChI is InChI=1S/C3H3NS.H4N2S/c1-2-5-3-4-1;1-3-2/h1-3H;1-2H2. The second-order valence-corrected chi connectivity index (χ2v) is 1.84. The van der Waals surface area contributed by atoms with Crippen LogP contribution >= 0.6 is 23.5 Å². The molecule has 3 nitrogen and oxygen atoms in total. The van der Waals surface area contributed by atoms with Crippen molar-refractivity contribution in [3.63, 3.8) is 0 Å². The van der Waals surface area contributed by atoms with Crippen LogP contribution in [0.5, 0.6) is 0 Å². The average Bonchev–Trinajstić information content (AvgIpc) is 2.17. The predicted octanol–water partition coefficient (Wildman–Crippen LogP) is 0.610. The minimum absolute atomic E-state index is 0.750. The van der Waals surface area contributed by atoms with Crippen molar-refractivity contribution in [3.8, 4) is 0 Å². The lowest BCUT2D eigenvalue weighted by atomic mass is 11.0. The zero-order valence-corrected chi connectivity index (χ0v) is 5.78. The Morgan fingerprint density at radius 3 is 2.25 bits per heavy atom. The van der Waals surface area contributed by atoms with Gasteiger partial charge in [0.1, 0.15) is 0 Å². The second-order valence-electron chi connectivity index (χ2n) is 0.812. The molecule has 5 heteroatoms. The molecule has 0 atom stereocenters. The minimum Gasteiger partial charge on any atom is -0.265 e. The van der Waals surface area contributed by atoms with Crippen molar-refractivity contribution in [2.75, 3.05) is 0 Å². The van der Waals surface area contributed by atoms with E-state index in [-0.39, 0.29) is 0 Å². The number of rotatable bonds is 0. The largest absolute Gasteiger partial charge is 0.265 e. The zero-order chi connectivity index (χ0) is 6.24. The van der Waals surface area contributed by atoms with Crippen LogP contribution in [0.4, 0.5) is 0 Å². The monoisotopic (exact) mass is 149 g/mol. The number of aromatic nitrogens is 1. The summed E-state index contributed by atoms with van der Waals surface area (Å²) in [5.74, 6) is 0. The Kier molecular flexibility index (Phi) is 6.81. The van der Waals surface area contributed by atoms with Gasteiger partial charge in [-0.3, -0.25) is 15.3 Å². The van der Waals surface area contributed by atoms with Crippen molar-refractivity contribution in [1.29, 1.82) is 0 Å². The Labute approximate surface area is 56.4 Å². The molecule has 4 N–H and O–H groups in total. The summed E-state index contributed by atoms with van der Waals surface area (Å²) in [5, 5.41) is 11.0. The number of thiazole rings is 1. The number of hydrogen-bond donors (Lipinski definition) is 2. The summed E-state index contributed by atoms with van der Waals surface area (Å²) in [7, 11) is 0. The third-order valence-corrected chi connectivity index (χ3v) is 0.869. The summed E-state index contributed by atoms with van der Waals surface area (Å²) in [6, 6.07) is 0. The summed E-state index contributed by atoms with van der Waals surface area (Å²) in [6.07, 6.45) is 1.77. The molecule has 0 aromatic carbocycles. The maximum Gasteiger partial charge on any atom is 0.0791 e. The van der Waals surface area contributed by atoms with Crippen LogP contribution in [0.1, 0.15) is 0 Å². The number of nitrogens with two attached hydrogens (primary N) is 2. The fourth-order valence-electron chi connectivity index (χ4n) is 0.176. The lowest BCUT2D eigenvalue weighted by Crippen LogP contribution is -1.83. The van der Waals surface area contributed by atoms with E-state index in [4.69, 9.17) is 0 Å². The van der Waals surface area contributed by atoms with Gasteiger partial charge in [0.25, 0.3) is 0 Å². The lowest BCUT2D eigenvalue weighted by Gasteiger charge is -1.55. The first-order valence-corrected chi connectivity index (χ1v) is 3.68. The molecule has 1 heterocycles. The van der Waals surface area contributed by atoms with Gasteiger partial charge < -0.3 is 0 Å². The molecule has 0 aliphatic carbocycles. The second kappa shape index (κ2) is 6.90. The SMILES string of the molecule is NSN.c1cscn1. The number of hydrogen-bond acceptors (Lipinski definition) is 5. The normalized spacial score (nSPS) is 7.25. The Morgan fingerprint density at radius 1 is 1.50 bits per heavy atom. The third-order valence-electron chi connectivity index (χ3n) is 0.347. The van der Waals surface area contributed by atoms with E-state index in [1.165, 1.54) is 0 Å². The van der Waals surface area contributed by atoms with Crippen LogP contribution in [0.2, 0.25) is 0 Å². The minimum atomic E-state index is 0.750. The van der Waals surface area contributed by atoms with Crippen molar-refractivity contribution < 1.29 is 0 Å². The third kappa shape index (κ3) is 5.90. The summed E-state index contributed by atoms with van der Waals surface area (Å²) < 4.78 is 0. The van der Waals surface area contributed by atoms with Crippen molar-refractivity contribution in [2.24, 2.45) is 10.3 Å². The Hall–Kier alpha value is -0.100. The first-order chi connectivity index (χ1) is 3.91. The van der Waals surface area contributed by atoms with Gasteiger partial charge in [-0.05, 0) is 12.1 Å². The molecule has 0 fully saturated rings. The van der Waals surface area contributed by atoms with Gasteiger partial charge in [-0.25, -0.2) is 0 Å². The summed E-state index contributed by atoms with van der Waals surface area (Å²) in [5.41, 5.74) is 1.79. The molecule has 46 valence electrons. The van der Waals surface area contributed by atoms with Gasteiger partial charge in [0.2, 0.25) is 0 Å². The van der Waals surface area contributed by atoms with Gasteiger partial charge in [0.15, 0.2) is 0 Å². The first-order valence-electron chi connectivity index (χ1n) is 1.79. The quantitative estimate of drug-likeness (QED) is 0.530. The molecule has 1 aromatic rings. The van der Waals surface area contributed by atoms with Gasteiger partial charge in [-0.15, -0.1) is 11.3 Å². The fourth-order valence-corrected chi connectivity index (χ4v) is 0.527. The molecule has 1 rings (SSSR count). The highest BCUT2D eigenvalue weighted by atomic mass is 32.2.